The Morgan fingerprint density at radius 3 is 1.84 bits per heavy atom. The molecule has 5 nitrogen and oxygen atoms in total. The summed E-state index contributed by atoms with van der Waals surface area (Å²) in [6.07, 6.45) is 4.56. The fourth-order valence-corrected chi connectivity index (χ4v) is 2.81. The minimum absolute atomic E-state index is 0.260. The number of benzene rings is 2. The molecule has 0 radical (unpaired) electrons. The van der Waals surface area contributed by atoms with Crippen LogP contribution in [0.2, 0.25) is 0 Å². The van der Waals surface area contributed by atoms with E-state index in [0.717, 1.165) is 16.7 Å². The summed E-state index contributed by atoms with van der Waals surface area (Å²) in [4.78, 5) is 32.7. The third-order valence-corrected chi connectivity index (χ3v) is 4.08. The van der Waals surface area contributed by atoms with Gasteiger partial charge in [-0.25, -0.2) is 0 Å². The van der Waals surface area contributed by atoms with E-state index in [1.54, 1.807) is 0 Å². The van der Waals surface area contributed by atoms with Crippen LogP contribution in [0.3, 0.4) is 0 Å². The van der Waals surface area contributed by atoms with E-state index in [4.69, 9.17) is 11.5 Å². The zero-order chi connectivity index (χ0) is 18.0. The van der Waals surface area contributed by atoms with Gasteiger partial charge in [0.25, 0.3) is 0 Å². The first kappa shape index (κ1) is 16.4. The smallest absolute Gasteiger partial charge is 0.248 e. The van der Waals surface area contributed by atoms with Gasteiger partial charge in [0.1, 0.15) is 0 Å². The first-order chi connectivity index (χ1) is 12.0. The molecule has 124 valence electrons. The van der Waals surface area contributed by atoms with Crippen LogP contribution in [0.1, 0.15) is 38.3 Å². The van der Waals surface area contributed by atoms with Crippen molar-refractivity contribution in [1.82, 2.24) is 0 Å². The lowest BCUT2D eigenvalue weighted by Crippen LogP contribution is -2.15. The first-order valence-electron chi connectivity index (χ1n) is 7.72. The van der Waals surface area contributed by atoms with E-state index in [-0.39, 0.29) is 5.78 Å². The second-order valence-electron chi connectivity index (χ2n) is 5.67. The van der Waals surface area contributed by atoms with Gasteiger partial charge >= 0.3 is 0 Å². The van der Waals surface area contributed by atoms with Crippen LogP contribution >= 0.6 is 0 Å². The summed E-state index contributed by atoms with van der Waals surface area (Å²) in [5.74, 6) is -0.784. The molecule has 2 aliphatic carbocycles. The number of primary amides is 2. The van der Waals surface area contributed by atoms with Crippen molar-refractivity contribution < 1.29 is 14.4 Å². The highest BCUT2D eigenvalue weighted by Gasteiger charge is 2.29. The van der Waals surface area contributed by atoms with Crippen molar-refractivity contribution in [3.63, 3.8) is 0 Å². The maximum absolute atomic E-state index is 11.5. The normalized spacial score (nSPS) is 13.8. The van der Waals surface area contributed by atoms with E-state index < -0.39 is 11.8 Å². The van der Waals surface area contributed by atoms with Crippen LogP contribution in [-0.4, -0.2) is 17.6 Å². The van der Waals surface area contributed by atoms with Gasteiger partial charge in [0.05, 0.1) is 0 Å². The molecule has 0 fully saturated rings. The molecule has 0 heterocycles. The third-order valence-electron chi connectivity index (χ3n) is 4.08. The highest BCUT2D eigenvalue weighted by Crippen LogP contribution is 2.43. The number of allylic oxidation sites excluding steroid dienone is 4. The molecule has 0 aliphatic heterocycles. The summed E-state index contributed by atoms with van der Waals surface area (Å²) < 4.78 is 0. The van der Waals surface area contributed by atoms with Crippen molar-refractivity contribution in [2.45, 2.75) is 6.42 Å². The number of carbonyl (C=O) groups is 3. The maximum atomic E-state index is 11.5. The van der Waals surface area contributed by atoms with Crippen LogP contribution in [0.5, 0.6) is 0 Å². The van der Waals surface area contributed by atoms with Crippen LogP contribution in [0.15, 0.2) is 60.7 Å². The van der Waals surface area contributed by atoms with Crippen molar-refractivity contribution in [2.75, 3.05) is 0 Å². The van der Waals surface area contributed by atoms with E-state index in [2.05, 4.69) is 12.1 Å². The molecule has 0 bridgehead atoms. The van der Waals surface area contributed by atoms with E-state index in [9.17, 15) is 14.4 Å². The number of hydrogen-bond acceptors (Lipinski definition) is 3. The molecule has 0 unspecified atom stereocenters. The highest BCUT2D eigenvalue weighted by molar-refractivity contribution is 6.36. The second-order valence-corrected chi connectivity index (χ2v) is 5.67. The zero-order valence-electron chi connectivity index (χ0n) is 13.4. The standard InChI is InChI=1S/C12H8O.C8H8N2O2/c13-11-7-3-6-10-8-4-1-2-5-9(8)12(10)11;9-7(11)5-1-2-6(4-3-5)8(10)12/h1-6H,7H2;1-4H,(H2,9,11)(H2,10,12). The van der Waals surface area contributed by atoms with Crippen LogP contribution in [0.25, 0.3) is 11.1 Å². The molecule has 0 saturated carbocycles. The Morgan fingerprint density at radius 1 is 0.800 bits per heavy atom. The molecule has 2 aliphatic rings. The van der Waals surface area contributed by atoms with Gasteiger partial charge in [-0.15, -0.1) is 0 Å². The van der Waals surface area contributed by atoms with Crippen molar-refractivity contribution >= 4 is 28.7 Å². The number of amides is 2. The fourth-order valence-electron chi connectivity index (χ4n) is 2.81. The van der Waals surface area contributed by atoms with Gasteiger partial charge in [0.15, 0.2) is 5.78 Å². The molecule has 0 aromatic heterocycles. The summed E-state index contributed by atoms with van der Waals surface area (Å²) in [5.41, 5.74) is 15.1. The summed E-state index contributed by atoms with van der Waals surface area (Å²) in [7, 11) is 0. The number of hydrogen-bond donors (Lipinski definition) is 2. The van der Waals surface area contributed by atoms with Crippen molar-refractivity contribution in [3.8, 4) is 0 Å². The molecule has 2 amide bonds. The Bertz CT molecular complexity index is 905. The lowest BCUT2D eigenvalue weighted by Gasteiger charge is -2.27. The van der Waals surface area contributed by atoms with Crippen LogP contribution in [-0.2, 0) is 4.79 Å². The molecular formula is C20H16N2O3. The number of carbonyl (C=O) groups excluding carboxylic acids is 3. The molecule has 4 rings (SSSR count). The van der Waals surface area contributed by atoms with Gasteiger partial charge in [-0.3, -0.25) is 14.4 Å². The summed E-state index contributed by atoms with van der Waals surface area (Å²) >= 11 is 0. The van der Waals surface area contributed by atoms with Gasteiger partial charge in [-0.05, 0) is 41.0 Å². The lowest BCUT2D eigenvalue weighted by atomic mass is 9.75. The van der Waals surface area contributed by atoms with E-state index in [1.165, 1.54) is 29.8 Å². The summed E-state index contributed by atoms with van der Waals surface area (Å²) in [5, 5.41) is 0. The van der Waals surface area contributed by atoms with Crippen molar-refractivity contribution in [2.24, 2.45) is 11.5 Å². The number of rotatable bonds is 2. The Morgan fingerprint density at radius 2 is 1.32 bits per heavy atom. The highest BCUT2D eigenvalue weighted by atomic mass is 16.1. The average Bonchev–Trinajstić information content (AvgIpc) is 2.60. The average molecular weight is 332 g/mol. The molecule has 4 N–H and O–H groups in total. The van der Waals surface area contributed by atoms with Gasteiger partial charge in [0, 0.05) is 23.1 Å². The molecule has 25 heavy (non-hydrogen) atoms. The molecule has 0 saturated heterocycles. The SMILES string of the molecule is NC(=O)c1ccc(C(N)=O)cc1.O=C1CC=CC2=C1c1ccccc12. The van der Waals surface area contributed by atoms with Crippen molar-refractivity contribution in [3.05, 3.63) is 82.9 Å². The topological polar surface area (TPSA) is 103 Å². The molecular weight excluding hydrogens is 316 g/mol. The van der Waals surface area contributed by atoms with Gasteiger partial charge in [0.2, 0.25) is 11.8 Å². The van der Waals surface area contributed by atoms with E-state index in [1.807, 2.05) is 24.3 Å². The van der Waals surface area contributed by atoms with E-state index >= 15 is 0 Å². The fraction of sp³-hybridized carbons (Fsp3) is 0.0500. The zero-order valence-corrected chi connectivity index (χ0v) is 13.4. The minimum atomic E-state index is -0.522. The lowest BCUT2D eigenvalue weighted by molar-refractivity contribution is -0.113. The predicted octanol–water partition coefficient (Wildman–Crippen LogP) is 2.32. The predicted molar refractivity (Wildman–Crippen MR) is 95.5 cm³/mol. The molecule has 0 spiro atoms. The van der Waals surface area contributed by atoms with Gasteiger partial charge < -0.3 is 11.5 Å². The number of nitrogens with two attached hydrogens (primary N) is 2. The van der Waals surface area contributed by atoms with Crippen LogP contribution in [0, 0.1) is 0 Å². The molecule has 2 aromatic carbocycles. The number of fused-ring (bicyclic) bond motifs is 3. The van der Waals surface area contributed by atoms with E-state index in [0.29, 0.717) is 17.5 Å². The molecule has 5 heteroatoms. The number of Topliss-reactive ketones (excluding diaryl/α,β-unsaturated/α-hetero) is 1. The Hall–Kier alpha value is -3.47. The quantitative estimate of drug-likeness (QED) is 0.882. The minimum Gasteiger partial charge on any atom is -0.366 e. The van der Waals surface area contributed by atoms with Gasteiger partial charge in [-0.2, -0.15) is 0 Å². The first-order valence-corrected chi connectivity index (χ1v) is 7.72. The second kappa shape index (κ2) is 6.57. The monoisotopic (exact) mass is 332 g/mol. The van der Waals surface area contributed by atoms with Gasteiger partial charge in [-0.1, -0.05) is 36.4 Å². The van der Waals surface area contributed by atoms with Crippen LogP contribution in [0.4, 0.5) is 0 Å². The molecule has 0 atom stereocenters. The Labute approximate surface area is 144 Å². The summed E-state index contributed by atoms with van der Waals surface area (Å²) in [6, 6.07) is 13.9. The maximum Gasteiger partial charge on any atom is 0.248 e. The third kappa shape index (κ3) is 3.12. The Kier molecular flexibility index (Phi) is 4.31. The largest absolute Gasteiger partial charge is 0.366 e. The molecule has 2 aromatic rings. The Balaban J connectivity index is 0.000000147. The van der Waals surface area contributed by atoms with Crippen molar-refractivity contribution in [1.29, 1.82) is 0 Å². The summed E-state index contributed by atoms with van der Waals surface area (Å²) in [6.45, 7) is 0. The number of ketones is 1. The van der Waals surface area contributed by atoms with Crippen LogP contribution < -0.4 is 11.5 Å².